The van der Waals surface area contributed by atoms with Gasteiger partial charge in [-0.2, -0.15) is 0 Å². The van der Waals surface area contributed by atoms with Crippen molar-refractivity contribution < 1.29 is 73.9 Å². The molecule has 0 aliphatic carbocycles. The lowest BCUT2D eigenvalue weighted by Crippen LogP contribution is -3.09. The number of methoxy groups -OCH3 is 1. The number of quaternary nitrogens is 1. The van der Waals surface area contributed by atoms with Gasteiger partial charge in [0.2, 0.25) is 12.1 Å². The Bertz CT molecular complexity index is 1330. The van der Waals surface area contributed by atoms with E-state index in [0.717, 1.165) is 6.26 Å². The highest BCUT2D eigenvalue weighted by atomic mass is 16.8. The third-order valence-electron chi connectivity index (χ3n) is 8.04. The van der Waals surface area contributed by atoms with E-state index in [-0.39, 0.29) is 62.3 Å². The molecule has 0 aromatic carbocycles. The van der Waals surface area contributed by atoms with Crippen molar-refractivity contribution in [1.29, 1.82) is 0 Å². The van der Waals surface area contributed by atoms with Crippen LogP contribution in [-0.2, 0) is 33.3 Å². The molecule has 0 bridgehead atoms. The van der Waals surface area contributed by atoms with Gasteiger partial charge in [0.1, 0.15) is 37.1 Å². The quantitative estimate of drug-likeness (QED) is 0.0183. The summed E-state index contributed by atoms with van der Waals surface area (Å²) in [6.45, 7) is 4.80. The second-order valence-electron chi connectivity index (χ2n) is 11.3. The number of aliphatic hydroxyl groups is 6. The first-order valence-electron chi connectivity index (χ1n) is 15.6. The molecule has 49 heavy (non-hydrogen) atoms. The number of aliphatic hydroxyl groups excluding tert-OH is 4. The molecule has 3 heterocycles. The number of nitrogens with two attached hydrogens (primary N) is 1. The number of aliphatic imine (C=N–C) groups is 1. The number of allylic oxidation sites excluding steroid dienone is 1. The smallest absolute Gasteiger partial charge is 0.343 e. The van der Waals surface area contributed by atoms with E-state index in [2.05, 4.69) is 16.9 Å². The number of hydrogen-bond donors (Lipinski definition) is 10. The van der Waals surface area contributed by atoms with E-state index >= 15 is 0 Å². The van der Waals surface area contributed by atoms with Gasteiger partial charge in [-0.1, -0.05) is 18.2 Å². The number of esters is 1. The summed E-state index contributed by atoms with van der Waals surface area (Å²) in [6.07, 6.45) is -0.542. The number of ether oxygens (including phenoxy) is 5. The van der Waals surface area contributed by atoms with Crippen LogP contribution in [0.5, 0.6) is 0 Å². The van der Waals surface area contributed by atoms with Gasteiger partial charge >= 0.3 is 11.9 Å². The fourth-order valence-corrected chi connectivity index (χ4v) is 5.57. The van der Waals surface area contributed by atoms with Gasteiger partial charge in [0.25, 0.3) is 0 Å². The number of nitrogens with zero attached hydrogens (tertiary/aromatic N) is 1. The van der Waals surface area contributed by atoms with Gasteiger partial charge in [-0.05, 0) is 13.3 Å². The topological polar surface area (TPSA) is 277 Å². The predicted octanol–water partition coefficient (Wildman–Crippen LogP) is -4.04. The minimum absolute atomic E-state index is 0.0290. The predicted molar refractivity (Wildman–Crippen MR) is 169 cm³/mol. The highest BCUT2D eigenvalue weighted by Crippen LogP contribution is 2.38. The molecule has 274 valence electrons. The summed E-state index contributed by atoms with van der Waals surface area (Å²) in [5.41, 5.74) is 6.44. The number of hydrogen-bond acceptors (Lipinski definition) is 14. The third-order valence-corrected chi connectivity index (χ3v) is 8.04. The van der Waals surface area contributed by atoms with Gasteiger partial charge < -0.3 is 75.4 Å². The van der Waals surface area contributed by atoms with Crippen LogP contribution in [0.1, 0.15) is 13.3 Å². The Balaban J connectivity index is 2.06. The molecular formula is C31H47N4O14+. The molecule has 3 aliphatic heterocycles. The van der Waals surface area contributed by atoms with E-state index in [4.69, 9.17) is 34.5 Å². The van der Waals surface area contributed by atoms with Gasteiger partial charge in [0, 0.05) is 31.2 Å². The Morgan fingerprint density at radius 3 is 2.57 bits per heavy atom. The molecule has 3 rings (SSSR count). The number of guanidine groups is 1. The van der Waals surface area contributed by atoms with E-state index in [1.165, 1.54) is 19.4 Å². The fourth-order valence-electron chi connectivity index (χ4n) is 5.57. The summed E-state index contributed by atoms with van der Waals surface area (Å²) in [5, 5.41) is 73.1. The summed E-state index contributed by atoms with van der Waals surface area (Å²) in [7, 11) is 1.17. The van der Waals surface area contributed by atoms with Crippen LogP contribution in [0.2, 0.25) is 0 Å². The number of carboxylic acids is 1. The van der Waals surface area contributed by atoms with Crippen LogP contribution in [0.15, 0.2) is 64.7 Å². The minimum atomic E-state index is -2.89. The van der Waals surface area contributed by atoms with E-state index in [1.807, 2.05) is 0 Å². The molecule has 18 heteroatoms. The Morgan fingerprint density at radius 2 is 1.98 bits per heavy atom. The molecule has 18 nitrogen and oxygen atoms in total. The Kier molecular flexibility index (Phi) is 14.9. The normalized spacial score (nSPS) is 30.3. The molecule has 0 amide bonds. The van der Waals surface area contributed by atoms with Crippen molar-refractivity contribution in [3.63, 3.8) is 0 Å². The molecule has 1 saturated heterocycles. The van der Waals surface area contributed by atoms with E-state index in [1.54, 1.807) is 19.1 Å². The van der Waals surface area contributed by atoms with E-state index in [9.17, 15) is 40.2 Å². The second-order valence-corrected chi connectivity index (χ2v) is 11.3. The lowest BCUT2D eigenvalue weighted by atomic mass is 9.83. The Morgan fingerprint density at radius 1 is 1.24 bits per heavy atom. The molecule has 3 aliphatic rings. The van der Waals surface area contributed by atoms with Crippen molar-refractivity contribution in [3.8, 4) is 0 Å². The highest BCUT2D eigenvalue weighted by Gasteiger charge is 2.57. The maximum Gasteiger partial charge on any atom is 0.343 e. The zero-order chi connectivity index (χ0) is 36.3. The SMILES string of the molecule is C=C[C@H]1[C@H](O[C@@H]2O[C@H](CO)[C@@H](O)C(O)(O)[C@H]2OCC)OC=C(C(=O)OC)[C@H]1/C=C/C1=C(NC(N)=NCCCO)C(C(=O)O)=C[NH+](CCO)C1. The van der Waals surface area contributed by atoms with Crippen molar-refractivity contribution in [2.75, 3.05) is 53.2 Å². The fraction of sp³-hybridized carbons (Fsp3) is 0.581. The van der Waals surface area contributed by atoms with Gasteiger partial charge in [-0.3, -0.25) is 4.99 Å². The third kappa shape index (κ3) is 9.51. The number of carboxylic acid groups (broad SMARTS) is 1. The Labute approximate surface area is 282 Å². The molecule has 8 atom stereocenters. The first-order valence-corrected chi connectivity index (χ1v) is 15.6. The number of carbonyl (C=O) groups excluding carboxylic acids is 1. The van der Waals surface area contributed by atoms with E-state index in [0.29, 0.717) is 16.9 Å². The number of aliphatic carboxylic acids is 1. The standard InChI is InChI=1S/C31H46N4O14/c1-4-18-19(8-7-17-13-35(10-12-37)14-20(26(40)41)23(17)34-30(32)33-9-6-11-36)21(27(42)45-3)16-47-28(18)49-29-25(46-5-2)31(43,44)24(39)22(15-38)48-29/h4,7-8,14,16,18-19,22,24-25,28-29,36-39,43-44H,1,5-6,9-13,15H2,2-3H3,(H,40,41)(H3,32,33,34)/p+1/b8-7+/t18-,19+,22-,24-,25+,28+,29+/m1/s1. The molecule has 0 aromatic heterocycles. The van der Waals surface area contributed by atoms with Crippen molar-refractivity contribution in [2.45, 2.75) is 50.0 Å². The van der Waals surface area contributed by atoms with Gasteiger partial charge in [-0.15, -0.1) is 6.58 Å². The molecule has 0 radical (unpaired) electrons. The Hall–Kier alpha value is -3.69. The van der Waals surface area contributed by atoms with Crippen molar-refractivity contribution in [1.82, 2.24) is 5.32 Å². The van der Waals surface area contributed by atoms with Crippen LogP contribution < -0.4 is 16.0 Å². The van der Waals surface area contributed by atoms with Crippen molar-refractivity contribution in [2.24, 2.45) is 22.6 Å². The van der Waals surface area contributed by atoms with E-state index < -0.39 is 67.1 Å². The zero-order valence-electron chi connectivity index (χ0n) is 27.3. The van der Waals surface area contributed by atoms with Gasteiger partial charge in [-0.25, -0.2) is 9.59 Å². The van der Waals surface area contributed by atoms with Crippen molar-refractivity contribution in [3.05, 3.63) is 59.7 Å². The molecule has 1 fully saturated rings. The highest BCUT2D eigenvalue weighted by molar-refractivity contribution is 5.94. The van der Waals surface area contributed by atoms with Crippen LogP contribution in [0.3, 0.4) is 0 Å². The van der Waals surface area contributed by atoms with Crippen LogP contribution in [0.25, 0.3) is 0 Å². The average Bonchev–Trinajstić information content (AvgIpc) is 3.07. The summed E-state index contributed by atoms with van der Waals surface area (Å²) < 4.78 is 27.8. The minimum Gasteiger partial charge on any atom is -0.477 e. The van der Waals surface area contributed by atoms with Crippen LogP contribution in [0.4, 0.5) is 0 Å². The van der Waals surface area contributed by atoms with Gasteiger partial charge in [0.15, 0.2) is 18.4 Å². The van der Waals surface area contributed by atoms with Crippen LogP contribution in [-0.4, -0.2) is 143 Å². The maximum absolute atomic E-state index is 12.9. The lowest BCUT2D eigenvalue weighted by molar-refractivity contribution is -0.843. The second kappa shape index (κ2) is 18.3. The summed E-state index contributed by atoms with van der Waals surface area (Å²) in [5.74, 6) is -6.82. The molecule has 0 aromatic rings. The lowest BCUT2D eigenvalue weighted by Gasteiger charge is -2.47. The number of nitrogens with one attached hydrogen (secondary N) is 2. The first kappa shape index (κ1) is 39.7. The average molecular weight is 700 g/mol. The number of rotatable bonds is 16. The van der Waals surface area contributed by atoms with Crippen molar-refractivity contribution >= 4 is 17.9 Å². The largest absolute Gasteiger partial charge is 0.477 e. The summed E-state index contributed by atoms with van der Waals surface area (Å²) >= 11 is 0. The molecule has 0 saturated carbocycles. The first-order chi connectivity index (χ1) is 23.4. The summed E-state index contributed by atoms with van der Waals surface area (Å²) in [4.78, 5) is 30.0. The van der Waals surface area contributed by atoms with Crippen LogP contribution >= 0.6 is 0 Å². The van der Waals surface area contributed by atoms with Gasteiger partial charge in [0.05, 0.1) is 43.8 Å². The molecule has 11 N–H and O–H groups in total. The molecule has 0 spiro atoms. The monoisotopic (exact) mass is 699 g/mol. The van der Waals surface area contributed by atoms with Crippen LogP contribution in [0, 0.1) is 11.8 Å². The zero-order valence-corrected chi connectivity index (χ0v) is 27.3. The molecular weight excluding hydrogens is 652 g/mol. The molecule has 1 unspecified atom stereocenters. The summed E-state index contributed by atoms with van der Waals surface area (Å²) in [6, 6.07) is 0. The maximum atomic E-state index is 12.9. The number of carbonyl (C=O) groups is 2.